The summed E-state index contributed by atoms with van der Waals surface area (Å²) in [7, 11) is 1.54. The molecule has 1 saturated heterocycles. The molecule has 1 unspecified atom stereocenters. The van der Waals surface area contributed by atoms with Gasteiger partial charge in [-0.3, -0.25) is 9.59 Å². The quantitative estimate of drug-likeness (QED) is 0.760. The molecule has 1 fully saturated rings. The van der Waals surface area contributed by atoms with E-state index in [0.29, 0.717) is 26.1 Å². The molecule has 0 radical (unpaired) electrons. The predicted octanol–water partition coefficient (Wildman–Crippen LogP) is 0.940. The number of methoxy groups -OCH3 is 1. The fourth-order valence-corrected chi connectivity index (χ4v) is 2.01. The Morgan fingerprint density at radius 3 is 2.80 bits per heavy atom. The van der Waals surface area contributed by atoms with E-state index in [2.05, 4.69) is 5.32 Å². The standard InChI is InChI=1S/C12H19F3N2O3/c1-20-5-4-17-8-9(6-11(17)19)7-16-10(18)2-3-12(13,14)15/h9H,2-8H2,1H3,(H,16,18). The molecule has 0 spiro atoms. The SMILES string of the molecule is COCCN1CC(CNC(=O)CCC(F)(F)F)CC1=O. The van der Waals surface area contributed by atoms with Gasteiger partial charge in [-0.15, -0.1) is 0 Å². The van der Waals surface area contributed by atoms with Crippen LogP contribution >= 0.6 is 0 Å². The Morgan fingerprint density at radius 1 is 1.50 bits per heavy atom. The minimum absolute atomic E-state index is 0.0170. The van der Waals surface area contributed by atoms with E-state index in [1.807, 2.05) is 0 Å². The molecule has 0 aliphatic carbocycles. The van der Waals surface area contributed by atoms with Gasteiger partial charge in [0.05, 0.1) is 13.0 Å². The molecule has 1 rings (SSSR count). The first-order valence-corrected chi connectivity index (χ1v) is 6.42. The largest absolute Gasteiger partial charge is 0.389 e. The lowest BCUT2D eigenvalue weighted by molar-refractivity contribution is -0.144. The summed E-state index contributed by atoms with van der Waals surface area (Å²) in [6.45, 7) is 1.66. The lowest BCUT2D eigenvalue weighted by Crippen LogP contribution is -2.32. The molecule has 2 amide bonds. The Balaban J connectivity index is 2.23. The number of carbonyl (C=O) groups excluding carboxylic acids is 2. The van der Waals surface area contributed by atoms with Crippen molar-refractivity contribution in [2.75, 3.05) is 33.4 Å². The summed E-state index contributed by atoms with van der Waals surface area (Å²) in [5, 5.41) is 2.45. The molecule has 20 heavy (non-hydrogen) atoms. The summed E-state index contributed by atoms with van der Waals surface area (Å²) >= 11 is 0. The summed E-state index contributed by atoms with van der Waals surface area (Å²) in [6, 6.07) is 0. The van der Waals surface area contributed by atoms with Crippen molar-refractivity contribution in [2.45, 2.75) is 25.4 Å². The van der Waals surface area contributed by atoms with E-state index in [-0.39, 0.29) is 18.4 Å². The molecule has 8 heteroatoms. The molecule has 1 N–H and O–H groups in total. The van der Waals surface area contributed by atoms with E-state index >= 15 is 0 Å². The third-order valence-corrected chi connectivity index (χ3v) is 3.08. The number of nitrogens with one attached hydrogen (secondary N) is 1. The van der Waals surface area contributed by atoms with Crippen LogP contribution in [0.1, 0.15) is 19.3 Å². The fraction of sp³-hybridized carbons (Fsp3) is 0.833. The van der Waals surface area contributed by atoms with Crippen LogP contribution in [0.2, 0.25) is 0 Å². The molecule has 5 nitrogen and oxygen atoms in total. The Kier molecular flexibility index (Phi) is 6.25. The van der Waals surface area contributed by atoms with E-state index < -0.39 is 24.9 Å². The lowest BCUT2D eigenvalue weighted by Gasteiger charge is -2.16. The number of likely N-dealkylation sites (tertiary alicyclic amines) is 1. The number of nitrogens with zero attached hydrogens (tertiary/aromatic N) is 1. The molecule has 1 atom stereocenters. The van der Waals surface area contributed by atoms with Crippen molar-refractivity contribution in [2.24, 2.45) is 5.92 Å². The van der Waals surface area contributed by atoms with Crippen LogP contribution in [0, 0.1) is 5.92 Å². The summed E-state index contributed by atoms with van der Waals surface area (Å²) in [4.78, 5) is 24.5. The Labute approximate surface area is 115 Å². The summed E-state index contributed by atoms with van der Waals surface area (Å²) in [5.74, 6) is -0.698. The van der Waals surface area contributed by atoms with E-state index in [4.69, 9.17) is 4.74 Å². The van der Waals surface area contributed by atoms with Crippen molar-refractivity contribution in [1.82, 2.24) is 10.2 Å². The molecule has 0 aromatic rings. The van der Waals surface area contributed by atoms with Gasteiger partial charge < -0.3 is 15.0 Å². The average Bonchev–Trinajstić information content (AvgIpc) is 2.71. The molecule has 1 aliphatic heterocycles. The third kappa shape index (κ3) is 6.23. The van der Waals surface area contributed by atoms with Crippen molar-refractivity contribution >= 4 is 11.8 Å². The zero-order valence-corrected chi connectivity index (χ0v) is 11.3. The zero-order chi connectivity index (χ0) is 15.2. The highest BCUT2D eigenvalue weighted by Gasteiger charge is 2.30. The molecule has 116 valence electrons. The molecule has 0 saturated carbocycles. The molecule has 0 aromatic heterocycles. The first-order chi connectivity index (χ1) is 9.31. The maximum Gasteiger partial charge on any atom is 0.389 e. The summed E-state index contributed by atoms with van der Waals surface area (Å²) in [6.07, 6.45) is -5.71. The van der Waals surface area contributed by atoms with Gasteiger partial charge in [-0.1, -0.05) is 0 Å². The van der Waals surface area contributed by atoms with E-state index in [1.165, 1.54) is 0 Å². The number of carbonyl (C=O) groups is 2. The maximum atomic E-state index is 11.9. The molecule has 1 aliphatic rings. The van der Waals surface area contributed by atoms with Crippen LogP contribution in [-0.4, -0.2) is 56.2 Å². The zero-order valence-electron chi connectivity index (χ0n) is 11.3. The van der Waals surface area contributed by atoms with Crippen molar-refractivity contribution in [3.63, 3.8) is 0 Å². The summed E-state index contributed by atoms with van der Waals surface area (Å²) in [5.41, 5.74) is 0. The highest BCUT2D eigenvalue weighted by Crippen LogP contribution is 2.21. The topological polar surface area (TPSA) is 58.6 Å². The Morgan fingerprint density at radius 2 is 2.20 bits per heavy atom. The van der Waals surface area contributed by atoms with Crippen LogP contribution in [-0.2, 0) is 14.3 Å². The van der Waals surface area contributed by atoms with E-state index in [0.717, 1.165) is 0 Å². The second-order valence-corrected chi connectivity index (χ2v) is 4.82. The number of halogens is 3. The van der Waals surface area contributed by atoms with Gasteiger partial charge in [0.25, 0.3) is 0 Å². The monoisotopic (exact) mass is 296 g/mol. The van der Waals surface area contributed by atoms with Crippen molar-refractivity contribution in [1.29, 1.82) is 0 Å². The molecular weight excluding hydrogens is 277 g/mol. The van der Waals surface area contributed by atoms with Crippen molar-refractivity contribution < 1.29 is 27.5 Å². The van der Waals surface area contributed by atoms with Gasteiger partial charge in [0.15, 0.2) is 0 Å². The van der Waals surface area contributed by atoms with Crippen LogP contribution in [0.5, 0.6) is 0 Å². The second kappa shape index (κ2) is 7.47. The molecule has 1 heterocycles. The van der Waals surface area contributed by atoms with Crippen LogP contribution in [0.25, 0.3) is 0 Å². The molecular formula is C12H19F3N2O3. The minimum atomic E-state index is -4.32. The van der Waals surface area contributed by atoms with Gasteiger partial charge in [0, 0.05) is 45.5 Å². The number of alkyl halides is 3. The van der Waals surface area contributed by atoms with Gasteiger partial charge in [0.2, 0.25) is 11.8 Å². The fourth-order valence-electron chi connectivity index (χ4n) is 2.01. The number of ether oxygens (including phenoxy) is 1. The number of hydrogen-bond donors (Lipinski definition) is 1. The highest BCUT2D eigenvalue weighted by atomic mass is 19.4. The van der Waals surface area contributed by atoms with Crippen LogP contribution in [0.15, 0.2) is 0 Å². The van der Waals surface area contributed by atoms with E-state index in [1.54, 1.807) is 12.0 Å². The first kappa shape index (κ1) is 16.7. The average molecular weight is 296 g/mol. The highest BCUT2D eigenvalue weighted by molar-refractivity contribution is 5.79. The van der Waals surface area contributed by atoms with Crippen LogP contribution in [0.4, 0.5) is 13.2 Å². The normalized spacial score (nSPS) is 19.5. The smallest absolute Gasteiger partial charge is 0.383 e. The Hall–Kier alpha value is -1.31. The summed E-state index contributed by atoms with van der Waals surface area (Å²) < 4.78 is 40.7. The third-order valence-electron chi connectivity index (χ3n) is 3.08. The lowest BCUT2D eigenvalue weighted by atomic mass is 10.1. The molecule has 0 aromatic carbocycles. The van der Waals surface area contributed by atoms with Crippen molar-refractivity contribution in [3.8, 4) is 0 Å². The number of hydrogen-bond acceptors (Lipinski definition) is 3. The van der Waals surface area contributed by atoms with Crippen LogP contribution in [0.3, 0.4) is 0 Å². The van der Waals surface area contributed by atoms with Gasteiger partial charge >= 0.3 is 6.18 Å². The van der Waals surface area contributed by atoms with E-state index in [9.17, 15) is 22.8 Å². The van der Waals surface area contributed by atoms with Crippen molar-refractivity contribution in [3.05, 3.63) is 0 Å². The van der Waals surface area contributed by atoms with Crippen LogP contribution < -0.4 is 5.32 Å². The molecule has 0 bridgehead atoms. The van der Waals surface area contributed by atoms with Gasteiger partial charge in [-0.2, -0.15) is 13.2 Å². The second-order valence-electron chi connectivity index (χ2n) is 4.82. The number of amides is 2. The maximum absolute atomic E-state index is 11.9. The minimum Gasteiger partial charge on any atom is -0.383 e. The predicted molar refractivity (Wildman–Crippen MR) is 64.9 cm³/mol. The Bertz CT molecular complexity index is 347. The number of rotatable bonds is 7. The van der Waals surface area contributed by atoms with Gasteiger partial charge in [0.1, 0.15) is 0 Å². The van der Waals surface area contributed by atoms with Gasteiger partial charge in [-0.25, -0.2) is 0 Å². The first-order valence-electron chi connectivity index (χ1n) is 6.42. The van der Waals surface area contributed by atoms with Gasteiger partial charge in [-0.05, 0) is 0 Å².